The fourth-order valence-corrected chi connectivity index (χ4v) is 1.03. The molecular weight excluding hydrogens is 165 g/mol. The van der Waals surface area contributed by atoms with Gasteiger partial charge >= 0.3 is 0 Å². The summed E-state index contributed by atoms with van der Waals surface area (Å²) in [6.07, 6.45) is 0.927. The summed E-state index contributed by atoms with van der Waals surface area (Å²) in [4.78, 5) is 4.37. The molecule has 70 valence electrons. The maximum Gasteiger partial charge on any atom is 0.123 e. The Morgan fingerprint density at radius 1 is 1.46 bits per heavy atom. The maximum absolute atomic E-state index is 12.7. The topological polar surface area (TPSA) is 12.4 Å². The fourth-order valence-electron chi connectivity index (χ4n) is 1.03. The molecule has 0 aromatic heterocycles. The Labute approximate surface area is 78.3 Å². The Balaban J connectivity index is 3.03. The lowest BCUT2D eigenvalue weighted by atomic mass is 10.2. The lowest BCUT2D eigenvalue weighted by Gasteiger charge is -2.01. The van der Waals surface area contributed by atoms with Crippen molar-refractivity contribution in [3.05, 3.63) is 29.6 Å². The largest absolute Gasteiger partial charge is 0.258 e. The molecule has 0 aliphatic heterocycles. The highest BCUT2D eigenvalue weighted by atomic mass is 19.1. The summed E-state index contributed by atoms with van der Waals surface area (Å²) in [5.74, 6) is -0.203. The molecule has 0 spiro atoms. The predicted molar refractivity (Wildman–Crippen MR) is 54.2 cm³/mol. The van der Waals surface area contributed by atoms with Gasteiger partial charge in [-0.05, 0) is 44.0 Å². The first-order chi connectivity index (χ1) is 6.13. The van der Waals surface area contributed by atoms with Gasteiger partial charge in [-0.3, -0.25) is 4.99 Å². The zero-order valence-electron chi connectivity index (χ0n) is 8.26. The summed E-state index contributed by atoms with van der Waals surface area (Å²) >= 11 is 0. The second-order valence-corrected chi connectivity index (χ2v) is 3.13. The number of rotatable bonds is 2. The molecule has 0 bridgehead atoms. The third-order valence-electron chi connectivity index (χ3n) is 1.98. The summed E-state index contributed by atoms with van der Waals surface area (Å²) in [5, 5.41) is 0. The van der Waals surface area contributed by atoms with Gasteiger partial charge in [0.15, 0.2) is 0 Å². The summed E-state index contributed by atoms with van der Waals surface area (Å²) in [7, 11) is 0. The molecule has 13 heavy (non-hydrogen) atoms. The standard InChI is InChI=1S/C11H14FN/c1-4-9(3)13-11-6-5-10(12)7-8(11)2/h5-7H,4H2,1-3H3. The van der Waals surface area contributed by atoms with E-state index in [-0.39, 0.29) is 5.82 Å². The van der Waals surface area contributed by atoms with Crippen molar-refractivity contribution in [3.8, 4) is 0 Å². The Morgan fingerprint density at radius 2 is 2.15 bits per heavy atom. The van der Waals surface area contributed by atoms with E-state index in [0.29, 0.717) is 0 Å². The van der Waals surface area contributed by atoms with Gasteiger partial charge < -0.3 is 0 Å². The van der Waals surface area contributed by atoms with Crippen molar-refractivity contribution in [1.29, 1.82) is 0 Å². The van der Waals surface area contributed by atoms with Gasteiger partial charge in [0.05, 0.1) is 5.69 Å². The predicted octanol–water partition coefficient (Wildman–Crippen LogP) is 3.64. The minimum absolute atomic E-state index is 0.203. The number of hydrogen-bond donors (Lipinski definition) is 0. The lowest BCUT2D eigenvalue weighted by molar-refractivity contribution is 0.627. The molecule has 0 N–H and O–H groups in total. The fraction of sp³-hybridized carbons (Fsp3) is 0.364. The van der Waals surface area contributed by atoms with E-state index < -0.39 is 0 Å². The van der Waals surface area contributed by atoms with Gasteiger partial charge in [0.25, 0.3) is 0 Å². The molecule has 0 radical (unpaired) electrons. The molecule has 0 saturated heterocycles. The Hall–Kier alpha value is -1.18. The monoisotopic (exact) mass is 179 g/mol. The zero-order chi connectivity index (χ0) is 9.84. The van der Waals surface area contributed by atoms with Crippen LogP contribution in [0.25, 0.3) is 0 Å². The van der Waals surface area contributed by atoms with E-state index >= 15 is 0 Å². The van der Waals surface area contributed by atoms with E-state index in [4.69, 9.17) is 0 Å². The van der Waals surface area contributed by atoms with Gasteiger partial charge in [-0.25, -0.2) is 4.39 Å². The number of aryl methyl sites for hydroxylation is 1. The van der Waals surface area contributed by atoms with E-state index in [0.717, 1.165) is 23.4 Å². The van der Waals surface area contributed by atoms with Crippen LogP contribution in [0.15, 0.2) is 23.2 Å². The number of halogens is 1. The smallest absolute Gasteiger partial charge is 0.123 e. The van der Waals surface area contributed by atoms with E-state index in [1.165, 1.54) is 12.1 Å². The molecule has 0 aliphatic rings. The highest BCUT2D eigenvalue weighted by Gasteiger charge is 1.98. The average Bonchev–Trinajstić information content (AvgIpc) is 2.09. The molecule has 0 aliphatic carbocycles. The Kier molecular flexibility index (Phi) is 3.18. The van der Waals surface area contributed by atoms with Crippen LogP contribution in [0.5, 0.6) is 0 Å². The number of aliphatic imine (C=N–C) groups is 1. The van der Waals surface area contributed by atoms with Crippen LogP contribution in [0.1, 0.15) is 25.8 Å². The van der Waals surface area contributed by atoms with Crippen LogP contribution in [0, 0.1) is 12.7 Å². The molecule has 1 aromatic carbocycles. The van der Waals surface area contributed by atoms with Crippen molar-refractivity contribution in [1.82, 2.24) is 0 Å². The van der Waals surface area contributed by atoms with Crippen molar-refractivity contribution < 1.29 is 4.39 Å². The molecule has 0 unspecified atom stereocenters. The van der Waals surface area contributed by atoms with Crippen LogP contribution in [-0.2, 0) is 0 Å². The van der Waals surface area contributed by atoms with E-state index in [1.54, 1.807) is 6.07 Å². The number of nitrogens with zero attached hydrogens (tertiary/aromatic N) is 1. The summed E-state index contributed by atoms with van der Waals surface area (Å²) < 4.78 is 12.7. The molecule has 0 saturated carbocycles. The molecule has 1 rings (SSSR count). The molecule has 0 heterocycles. The SMILES string of the molecule is CCC(C)=Nc1ccc(F)cc1C. The second-order valence-electron chi connectivity index (χ2n) is 3.13. The third-order valence-corrected chi connectivity index (χ3v) is 1.98. The average molecular weight is 179 g/mol. The van der Waals surface area contributed by atoms with Gasteiger partial charge in [0.2, 0.25) is 0 Å². The first-order valence-corrected chi connectivity index (χ1v) is 4.43. The van der Waals surface area contributed by atoms with Crippen LogP contribution < -0.4 is 0 Å². The van der Waals surface area contributed by atoms with Crippen molar-refractivity contribution in [2.75, 3.05) is 0 Å². The van der Waals surface area contributed by atoms with Crippen molar-refractivity contribution >= 4 is 11.4 Å². The molecule has 0 fully saturated rings. The zero-order valence-corrected chi connectivity index (χ0v) is 8.26. The normalized spacial score (nSPS) is 11.8. The number of benzene rings is 1. The van der Waals surface area contributed by atoms with Crippen LogP contribution >= 0.6 is 0 Å². The van der Waals surface area contributed by atoms with Gasteiger partial charge in [-0.1, -0.05) is 6.92 Å². The van der Waals surface area contributed by atoms with Crippen LogP contribution in [-0.4, -0.2) is 5.71 Å². The van der Waals surface area contributed by atoms with Crippen LogP contribution in [0.4, 0.5) is 10.1 Å². The first-order valence-electron chi connectivity index (χ1n) is 4.43. The Morgan fingerprint density at radius 3 is 2.69 bits per heavy atom. The minimum atomic E-state index is -0.203. The van der Waals surface area contributed by atoms with Gasteiger partial charge in [0, 0.05) is 5.71 Å². The van der Waals surface area contributed by atoms with E-state index in [2.05, 4.69) is 11.9 Å². The Bertz CT molecular complexity index is 329. The summed E-state index contributed by atoms with van der Waals surface area (Å²) in [5.41, 5.74) is 2.81. The van der Waals surface area contributed by atoms with Gasteiger partial charge in [0.1, 0.15) is 5.82 Å². The molecule has 1 aromatic rings. The minimum Gasteiger partial charge on any atom is -0.258 e. The van der Waals surface area contributed by atoms with Gasteiger partial charge in [-0.15, -0.1) is 0 Å². The molecular formula is C11H14FN. The highest BCUT2D eigenvalue weighted by molar-refractivity contribution is 5.84. The lowest BCUT2D eigenvalue weighted by Crippen LogP contribution is -1.87. The molecule has 2 heteroatoms. The molecule has 1 nitrogen and oxygen atoms in total. The second kappa shape index (κ2) is 4.17. The van der Waals surface area contributed by atoms with E-state index in [1.807, 2.05) is 13.8 Å². The van der Waals surface area contributed by atoms with Gasteiger partial charge in [-0.2, -0.15) is 0 Å². The quantitative estimate of drug-likeness (QED) is 0.615. The van der Waals surface area contributed by atoms with Crippen LogP contribution in [0.2, 0.25) is 0 Å². The number of hydrogen-bond acceptors (Lipinski definition) is 1. The van der Waals surface area contributed by atoms with Crippen LogP contribution in [0.3, 0.4) is 0 Å². The molecule has 0 amide bonds. The summed E-state index contributed by atoms with van der Waals surface area (Å²) in [6.45, 7) is 5.89. The molecule has 0 atom stereocenters. The maximum atomic E-state index is 12.7. The highest BCUT2D eigenvalue weighted by Crippen LogP contribution is 2.19. The van der Waals surface area contributed by atoms with Crippen molar-refractivity contribution in [3.63, 3.8) is 0 Å². The first kappa shape index (κ1) is 9.90. The van der Waals surface area contributed by atoms with Crippen molar-refractivity contribution in [2.45, 2.75) is 27.2 Å². The van der Waals surface area contributed by atoms with E-state index in [9.17, 15) is 4.39 Å². The van der Waals surface area contributed by atoms with Crippen molar-refractivity contribution in [2.24, 2.45) is 4.99 Å². The third kappa shape index (κ3) is 2.65. The summed E-state index contributed by atoms with van der Waals surface area (Å²) in [6, 6.07) is 4.65.